The Morgan fingerprint density at radius 3 is 3.00 bits per heavy atom. The maximum absolute atomic E-state index is 9.24. The predicted molar refractivity (Wildman–Crippen MR) is 65.5 cm³/mol. The molecule has 1 aromatic rings. The largest absolute Gasteiger partial charge is 0.396 e. The van der Waals surface area contributed by atoms with E-state index in [2.05, 4.69) is 36.5 Å². The third-order valence-electron chi connectivity index (χ3n) is 4.52. The van der Waals surface area contributed by atoms with Gasteiger partial charge in [0.1, 0.15) is 0 Å². The second kappa shape index (κ2) is 3.49. The van der Waals surface area contributed by atoms with Crippen LogP contribution in [0, 0.1) is 11.3 Å². The van der Waals surface area contributed by atoms with Crippen LogP contribution in [-0.4, -0.2) is 17.8 Å². The van der Waals surface area contributed by atoms with Crippen molar-refractivity contribution in [3.8, 4) is 0 Å². The lowest BCUT2D eigenvalue weighted by atomic mass is 9.87. The van der Waals surface area contributed by atoms with E-state index >= 15 is 0 Å². The quantitative estimate of drug-likeness (QED) is 0.797. The highest BCUT2D eigenvalue weighted by molar-refractivity contribution is 5.54. The van der Waals surface area contributed by atoms with Crippen LogP contribution in [0.3, 0.4) is 0 Å². The molecule has 3 atom stereocenters. The fourth-order valence-electron chi connectivity index (χ4n) is 3.11. The molecule has 1 aromatic carbocycles. The van der Waals surface area contributed by atoms with Crippen molar-refractivity contribution in [3.05, 3.63) is 29.8 Å². The predicted octanol–water partition coefficient (Wildman–Crippen LogP) is 2.43. The fraction of sp³-hybridized carbons (Fsp3) is 0.571. The van der Waals surface area contributed by atoms with E-state index in [9.17, 15) is 5.11 Å². The number of fused-ring (bicyclic) bond motifs is 1. The summed E-state index contributed by atoms with van der Waals surface area (Å²) in [7, 11) is 0. The summed E-state index contributed by atoms with van der Waals surface area (Å²) < 4.78 is 0. The maximum Gasteiger partial charge on any atom is 0.0465 e. The van der Waals surface area contributed by atoms with Crippen LogP contribution in [0.25, 0.3) is 0 Å². The highest BCUT2D eigenvalue weighted by Crippen LogP contribution is 2.56. The van der Waals surface area contributed by atoms with Crippen LogP contribution in [0.2, 0.25) is 0 Å². The molecule has 16 heavy (non-hydrogen) atoms. The molecule has 2 unspecified atom stereocenters. The summed E-state index contributed by atoms with van der Waals surface area (Å²) in [4.78, 5) is 0. The number of aliphatic hydroxyl groups excluding tert-OH is 1. The molecular weight excluding hydrogens is 198 g/mol. The third kappa shape index (κ3) is 1.44. The maximum atomic E-state index is 9.24. The van der Waals surface area contributed by atoms with Crippen LogP contribution in [0.1, 0.15) is 25.3 Å². The highest BCUT2D eigenvalue weighted by atomic mass is 16.3. The molecule has 1 heterocycles. The van der Waals surface area contributed by atoms with E-state index in [0.29, 0.717) is 24.0 Å². The lowest BCUT2D eigenvalue weighted by Crippen LogP contribution is -2.34. The van der Waals surface area contributed by atoms with Crippen molar-refractivity contribution in [1.82, 2.24) is 0 Å². The van der Waals surface area contributed by atoms with Gasteiger partial charge in [0.05, 0.1) is 0 Å². The zero-order chi connectivity index (χ0) is 11.2. The number of anilines is 1. The van der Waals surface area contributed by atoms with Crippen LogP contribution < -0.4 is 5.32 Å². The van der Waals surface area contributed by atoms with Gasteiger partial charge in [0.15, 0.2) is 0 Å². The van der Waals surface area contributed by atoms with E-state index in [4.69, 9.17) is 0 Å². The summed E-state index contributed by atoms with van der Waals surface area (Å²) in [6, 6.07) is 9.11. The van der Waals surface area contributed by atoms with E-state index in [0.717, 1.165) is 0 Å². The molecule has 3 rings (SSSR count). The molecule has 1 saturated carbocycles. The Morgan fingerprint density at radius 1 is 1.44 bits per heavy atom. The van der Waals surface area contributed by atoms with Crippen LogP contribution >= 0.6 is 0 Å². The summed E-state index contributed by atoms with van der Waals surface area (Å²) in [6.45, 7) is 2.65. The van der Waals surface area contributed by atoms with Gasteiger partial charge in [0.25, 0.3) is 0 Å². The molecule has 1 aliphatic carbocycles. The number of nitrogens with one attached hydrogen (secondary N) is 1. The van der Waals surface area contributed by atoms with Gasteiger partial charge in [-0.3, -0.25) is 0 Å². The molecule has 2 nitrogen and oxygen atoms in total. The molecule has 86 valence electrons. The first kappa shape index (κ1) is 10.2. The Balaban J connectivity index is 1.79. The smallest absolute Gasteiger partial charge is 0.0465 e. The third-order valence-corrected chi connectivity index (χ3v) is 4.52. The summed E-state index contributed by atoms with van der Waals surface area (Å²) in [5, 5.41) is 12.9. The summed E-state index contributed by atoms with van der Waals surface area (Å²) in [5.41, 5.74) is 3.05. The zero-order valence-electron chi connectivity index (χ0n) is 9.74. The number of rotatable bonds is 2. The van der Waals surface area contributed by atoms with E-state index < -0.39 is 0 Å². The van der Waals surface area contributed by atoms with Crippen molar-refractivity contribution >= 4 is 5.69 Å². The second-order valence-corrected chi connectivity index (χ2v) is 5.48. The van der Waals surface area contributed by atoms with Gasteiger partial charge in [0.2, 0.25) is 0 Å². The van der Waals surface area contributed by atoms with Crippen LogP contribution in [0.5, 0.6) is 0 Å². The number of hydrogen-bond acceptors (Lipinski definition) is 2. The molecule has 0 spiro atoms. The number of hydrogen-bond donors (Lipinski definition) is 2. The molecule has 2 N–H and O–H groups in total. The Morgan fingerprint density at radius 2 is 2.25 bits per heavy atom. The van der Waals surface area contributed by atoms with Crippen molar-refractivity contribution in [3.63, 3.8) is 0 Å². The average Bonchev–Trinajstić information content (AvgIpc) is 3.01. The Labute approximate surface area is 96.7 Å². The van der Waals surface area contributed by atoms with E-state index in [1.54, 1.807) is 0 Å². The van der Waals surface area contributed by atoms with Gasteiger partial charge in [-0.05, 0) is 42.2 Å². The number of para-hydroxylation sites is 1. The SMILES string of the molecule is CC1([C@@H]2CCc3ccccc3N2)CC1CO. The molecule has 0 amide bonds. The molecule has 2 heteroatoms. The highest BCUT2D eigenvalue weighted by Gasteiger charge is 2.54. The minimum absolute atomic E-state index is 0.322. The van der Waals surface area contributed by atoms with Crippen molar-refractivity contribution in [2.45, 2.75) is 32.2 Å². The normalized spacial score (nSPS) is 36.4. The van der Waals surface area contributed by atoms with E-state index in [-0.39, 0.29) is 0 Å². The van der Waals surface area contributed by atoms with E-state index in [1.165, 1.54) is 30.5 Å². The van der Waals surface area contributed by atoms with Gasteiger partial charge in [-0.25, -0.2) is 0 Å². The van der Waals surface area contributed by atoms with Gasteiger partial charge in [-0.15, -0.1) is 0 Å². The van der Waals surface area contributed by atoms with Gasteiger partial charge in [-0.2, -0.15) is 0 Å². The number of benzene rings is 1. The Bertz CT molecular complexity index is 403. The van der Waals surface area contributed by atoms with Gasteiger partial charge in [-0.1, -0.05) is 25.1 Å². The second-order valence-electron chi connectivity index (χ2n) is 5.48. The summed E-state index contributed by atoms with van der Waals surface area (Å²) >= 11 is 0. The molecular formula is C14H19NO. The molecule has 1 aliphatic heterocycles. The number of aliphatic hydroxyl groups is 1. The lowest BCUT2D eigenvalue weighted by Gasteiger charge is -2.32. The standard InChI is InChI=1S/C14H19NO/c1-14(8-11(14)9-16)13-7-6-10-4-2-3-5-12(10)15-13/h2-5,11,13,15-16H,6-9H2,1H3/t11?,13-,14?/m0/s1. The van der Waals surface area contributed by atoms with E-state index in [1.807, 2.05) is 0 Å². The zero-order valence-corrected chi connectivity index (χ0v) is 9.74. The van der Waals surface area contributed by atoms with Crippen molar-refractivity contribution in [2.75, 3.05) is 11.9 Å². The summed E-state index contributed by atoms with van der Waals surface area (Å²) in [5.74, 6) is 0.510. The van der Waals surface area contributed by atoms with Crippen molar-refractivity contribution < 1.29 is 5.11 Å². The first-order valence-electron chi connectivity index (χ1n) is 6.19. The van der Waals surface area contributed by atoms with Crippen molar-refractivity contribution in [2.24, 2.45) is 11.3 Å². The molecule has 2 aliphatic rings. The molecule has 1 fully saturated rings. The first-order chi connectivity index (χ1) is 7.74. The lowest BCUT2D eigenvalue weighted by molar-refractivity contribution is 0.242. The number of aryl methyl sites for hydroxylation is 1. The van der Waals surface area contributed by atoms with Crippen LogP contribution in [0.4, 0.5) is 5.69 Å². The monoisotopic (exact) mass is 217 g/mol. The summed E-state index contributed by atoms with van der Waals surface area (Å²) in [6.07, 6.45) is 3.54. The van der Waals surface area contributed by atoms with Crippen LogP contribution in [-0.2, 0) is 6.42 Å². The molecule has 0 saturated heterocycles. The minimum Gasteiger partial charge on any atom is -0.396 e. The fourth-order valence-corrected chi connectivity index (χ4v) is 3.11. The van der Waals surface area contributed by atoms with Crippen LogP contribution in [0.15, 0.2) is 24.3 Å². The molecule has 0 radical (unpaired) electrons. The average molecular weight is 217 g/mol. The van der Waals surface area contributed by atoms with Gasteiger partial charge >= 0.3 is 0 Å². The van der Waals surface area contributed by atoms with Gasteiger partial charge < -0.3 is 10.4 Å². The first-order valence-corrected chi connectivity index (χ1v) is 6.19. The molecule has 0 bridgehead atoms. The molecule has 0 aromatic heterocycles. The minimum atomic E-state index is 0.322. The Hall–Kier alpha value is -1.02. The van der Waals surface area contributed by atoms with Crippen molar-refractivity contribution in [1.29, 1.82) is 0 Å². The topological polar surface area (TPSA) is 32.3 Å². The Kier molecular flexibility index (Phi) is 2.21. The van der Waals surface area contributed by atoms with Gasteiger partial charge in [0, 0.05) is 18.3 Å².